The Labute approximate surface area is 125 Å². The van der Waals surface area contributed by atoms with Crippen LogP contribution in [0.5, 0.6) is 0 Å². The van der Waals surface area contributed by atoms with Gasteiger partial charge in [0.2, 0.25) is 0 Å². The zero-order chi connectivity index (χ0) is 14.7. The Hall–Kier alpha value is -0.980. The quantitative estimate of drug-likeness (QED) is 0.835. The van der Waals surface area contributed by atoms with Gasteiger partial charge in [0, 0.05) is 32.0 Å². The number of hydroxylamine groups is 2. The van der Waals surface area contributed by atoms with Gasteiger partial charge in [-0.1, -0.05) is 35.6 Å². The maximum Gasteiger partial charge on any atom is 0.181 e. The second-order valence-corrected chi connectivity index (χ2v) is 5.32. The van der Waals surface area contributed by atoms with Gasteiger partial charge in [-0.3, -0.25) is 0 Å². The first kappa shape index (κ1) is 14.9. The van der Waals surface area contributed by atoms with Crippen LogP contribution < -0.4 is 0 Å². The molecule has 4 atom stereocenters. The maximum atomic E-state index is 5.79. The molecule has 0 N–H and O–H groups in total. The minimum atomic E-state index is -0.267. The number of hydrogen-bond donors (Lipinski definition) is 0. The molecular weight excluding hydrogens is 270 g/mol. The highest BCUT2D eigenvalue weighted by Crippen LogP contribution is 2.41. The average molecular weight is 293 g/mol. The van der Waals surface area contributed by atoms with Gasteiger partial charge < -0.3 is 9.47 Å². The lowest BCUT2D eigenvalue weighted by molar-refractivity contribution is -0.451. The van der Waals surface area contributed by atoms with E-state index in [-0.39, 0.29) is 18.6 Å². The standard InChI is InChI=1S/C16H23NO4/c1-3-18-15-10-13(12-8-6-5-7-9-12)14-11-16(19-4-2)21-17(14)20-15/h5-9,13-16H,3-4,10-11H2,1-2H3/t13-,14-,15+,16-/m1/s1. The summed E-state index contributed by atoms with van der Waals surface area (Å²) in [7, 11) is 0. The van der Waals surface area contributed by atoms with Gasteiger partial charge in [0.1, 0.15) is 0 Å². The number of nitrogens with zero attached hydrogens (tertiary/aromatic N) is 1. The summed E-state index contributed by atoms with van der Waals surface area (Å²) < 4.78 is 11.2. The molecule has 2 heterocycles. The first-order valence-corrected chi connectivity index (χ1v) is 7.72. The van der Waals surface area contributed by atoms with E-state index in [0.29, 0.717) is 19.1 Å². The molecule has 0 aliphatic carbocycles. The second kappa shape index (κ2) is 6.85. The molecule has 1 aromatic carbocycles. The zero-order valence-corrected chi connectivity index (χ0v) is 12.6. The number of rotatable bonds is 5. The Morgan fingerprint density at radius 1 is 1.00 bits per heavy atom. The third kappa shape index (κ3) is 3.27. The monoisotopic (exact) mass is 293 g/mol. The fraction of sp³-hybridized carbons (Fsp3) is 0.625. The van der Waals surface area contributed by atoms with E-state index in [2.05, 4.69) is 24.3 Å². The van der Waals surface area contributed by atoms with Crippen LogP contribution in [0.1, 0.15) is 38.2 Å². The van der Waals surface area contributed by atoms with Crippen molar-refractivity contribution >= 4 is 0 Å². The first-order valence-electron chi connectivity index (χ1n) is 7.72. The number of hydrogen-bond acceptors (Lipinski definition) is 5. The van der Waals surface area contributed by atoms with Gasteiger partial charge >= 0.3 is 0 Å². The van der Waals surface area contributed by atoms with Crippen molar-refractivity contribution in [1.29, 1.82) is 0 Å². The third-order valence-electron chi connectivity index (χ3n) is 3.99. The molecule has 2 fully saturated rings. The lowest BCUT2D eigenvalue weighted by Crippen LogP contribution is -2.44. The molecule has 0 saturated carbocycles. The Balaban J connectivity index is 1.79. The van der Waals surface area contributed by atoms with E-state index in [9.17, 15) is 0 Å². The van der Waals surface area contributed by atoms with E-state index < -0.39 is 0 Å². The SMILES string of the molecule is CCO[C@H]1C[C@@H]2[C@@H](c3ccccc3)C[C@@H](OCC)ON2O1. The van der Waals surface area contributed by atoms with Crippen LogP contribution in [0.3, 0.4) is 0 Å². The lowest BCUT2D eigenvalue weighted by Gasteiger charge is -2.38. The highest BCUT2D eigenvalue weighted by atomic mass is 17.0. The molecule has 5 nitrogen and oxygen atoms in total. The van der Waals surface area contributed by atoms with E-state index in [1.165, 1.54) is 5.56 Å². The van der Waals surface area contributed by atoms with Crippen molar-refractivity contribution in [2.24, 2.45) is 0 Å². The number of ether oxygens (including phenoxy) is 2. The summed E-state index contributed by atoms with van der Waals surface area (Å²) in [6.07, 6.45) is 1.15. The molecule has 2 aliphatic heterocycles. The normalized spacial score (nSPS) is 33.0. The first-order chi connectivity index (χ1) is 10.3. The number of benzene rings is 1. The summed E-state index contributed by atoms with van der Waals surface area (Å²) in [6.45, 7) is 5.20. The van der Waals surface area contributed by atoms with E-state index in [1.807, 2.05) is 19.9 Å². The van der Waals surface area contributed by atoms with Gasteiger partial charge in [-0.2, -0.15) is 0 Å². The van der Waals surface area contributed by atoms with Crippen LogP contribution >= 0.6 is 0 Å². The summed E-state index contributed by atoms with van der Waals surface area (Å²) in [4.78, 5) is 11.5. The third-order valence-corrected chi connectivity index (χ3v) is 3.99. The highest BCUT2D eigenvalue weighted by Gasteiger charge is 2.46. The molecule has 2 saturated heterocycles. The predicted molar refractivity (Wildman–Crippen MR) is 77.0 cm³/mol. The molecule has 116 valence electrons. The van der Waals surface area contributed by atoms with Gasteiger partial charge in [-0.25, -0.2) is 9.68 Å². The maximum absolute atomic E-state index is 5.79. The summed E-state index contributed by atoms with van der Waals surface area (Å²) in [5.41, 5.74) is 1.29. The Morgan fingerprint density at radius 2 is 1.62 bits per heavy atom. The fourth-order valence-electron chi connectivity index (χ4n) is 3.09. The molecule has 0 unspecified atom stereocenters. The fourth-order valence-corrected chi connectivity index (χ4v) is 3.09. The van der Waals surface area contributed by atoms with E-state index in [4.69, 9.17) is 19.1 Å². The van der Waals surface area contributed by atoms with E-state index in [0.717, 1.165) is 12.8 Å². The topological polar surface area (TPSA) is 40.2 Å². The van der Waals surface area contributed by atoms with Gasteiger partial charge in [-0.05, 0) is 19.4 Å². The van der Waals surface area contributed by atoms with Crippen LogP contribution in [-0.2, 0) is 19.1 Å². The molecule has 1 aromatic rings. The largest absolute Gasteiger partial charge is 0.351 e. The van der Waals surface area contributed by atoms with Gasteiger partial charge in [0.15, 0.2) is 12.6 Å². The van der Waals surface area contributed by atoms with Crippen molar-refractivity contribution in [3.63, 3.8) is 0 Å². The average Bonchev–Trinajstić information content (AvgIpc) is 2.90. The van der Waals surface area contributed by atoms with E-state index in [1.54, 1.807) is 5.23 Å². The molecule has 0 radical (unpaired) electrons. The molecule has 0 aromatic heterocycles. The van der Waals surface area contributed by atoms with Crippen LogP contribution in [0.2, 0.25) is 0 Å². The number of fused-ring (bicyclic) bond motifs is 1. The molecular formula is C16H23NO4. The molecule has 3 rings (SSSR count). The zero-order valence-electron chi connectivity index (χ0n) is 12.6. The minimum Gasteiger partial charge on any atom is -0.351 e. The van der Waals surface area contributed by atoms with Crippen molar-refractivity contribution in [2.45, 2.75) is 51.2 Å². The molecule has 0 bridgehead atoms. The van der Waals surface area contributed by atoms with Crippen LogP contribution in [0.25, 0.3) is 0 Å². The Kier molecular flexibility index (Phi) is 4.87. The lowest BCUT2D eigenvalue weighted by atomic mass is 9.86. The molecule has 5 heteroatoms. The highest BCUT2D eigenvalue weighted by molar-refractivity contribution is 5.22. The Bertz CT molecular complexity index is 441. The minimum absolute atomic E-state index is 0.167. The van der Waals surface area contributed by atoms with Crippen LogP contribution in [-0.4, -0.2) is 37.1 Å². The molecule has 2 aliphatic rings. The Morgan fingerprint density at radius 3 is 2.24 bits per heavy atom. The van der Waals surface area contributed by atoms with Gasteiger partial charge in [0.05, 0.1) is 6.04 Å². The molecule has 0 spiro atoms. The predicted octanol–water partition coefficient (Wildman–Crippen LogP) is 2.84. The van der Waals surface area contributed by atoms with Crippen molar-refractivity contribution in [1.82, 2.24) is 5.23 Å². The summed E-state index contributed by atoms with van der Waals surface area (Å²) in [6, 6.07) is 10.7. The van der Waals surface area contributed by atoms with Crippen molar-refractivity contribution < 1.29 is 19.1 Å². The second-order valence-electron chi connectivity index (χ2n) is 5.32. The summed E-state index contributed by atoms with van der Waals surface area (Å²) >= 11 is 0. The van der Waals surface area contributed by atoms with Gasteiger partial charge in [0.25, 0.3) is 0 Å². The van der Waals surface area contributed by atoms with Gasteiger partial charge in [-0.15, -0.1) is 0 Å². The molecule has 0 amide bonds. The summed E-state index contributed by atoms with van der Waals surface area (Å²) in [5, 5.41) is 1.60. The smallest absolute Gasteiger partial charge is 0.181 e. The van der Waals surface area contributed by atoms with Crippen LogP contribution in [0.4, 0.5) is 0 Å². The van der Waals surface area contributed by atoms with E-state index >= 15 is 0 Å². The van der Waals surface area contributed by atoms with Crippen LogP contribution in [0, 0.1) is 0 Å². The van der Waals surface area contributed by atoms with Crippen LogP contribution in [0.15, 0.2) is 30.3 Å². The van der Waals surface area contributed by atoms with Crippen molar-refractivity contribution in [3.05, 3.63) is 35.9 Å². The molecule has 21 heavy (non-hydrogen) atoms. The van der Waals surface area contributed by atoms with Crippen molar-refractivity contribution in [2.75, 3.05) is 13.2 Å². The van der Waals surface area contributed by atoms with Crippen molar-refractivity contribution in [3.8, 4) is 0 Å². The summed E-state index contributed by atoms with van der Waals surface area (Å²) in [5.74, 6) is 0.321.